The summed E-state index contributed by atoms with van der Waals surface area (Å²) in [4.78, 5) is 23.4. The molecule has 3 rings (SSSR count). The molecule has 0 saturated heterocycles. The second-order valence-electron chi connectivity index (χ2n) is 5.01. The Bertz CT molecular complexity index is 820. The molecular formula is C16H15N3O5S2. The second-order valence-corrected chi connectivity index (χ2v) is 7.21. The molecule has 1 N–H and O–H groups in total. The highest BCUT2D eigenvalue weighted by atomic mass is 32.2. The number of thioether (sulfide) groups is 1. The predicted octanol–water partition coefficient (Wildman–Crippen LogP) is 2.44. The normalized spacial score (nSPS) is 13.2. The SMILES string of the molecule is COC(=O)c1ccc(CSc2nnc(NC(=O)C3=COCCO3)s2)cc1. The van der Waals surface area contributed by atoms with Gasteiger partial charge < -0.3 is 14.2 Å². The molecule has 1 amide bonds. The second kappa shape index (κ2) is 8.68. The molecular weight excluding hydrogens is 378 g/mol. The van der Waals surface area contributed by atoms with Crippen LogP contribution in [0.5, 0.6) is 0 Å². The van der Waals surface area contributed by atoms with Crippen molar-refractivity contribution in [1.29, 1.82) is 0 Å². The van der Waals surface area contributed by atoms with E-state index in [-0.39, 0.29) is 11.7 Å². The van der Waals surface area contributed by atoms with E-state index in [1.165, 1.54) is 36.5 Å². The molecule has 1 aromatic carbocycles. The first-order valence-corrected chi connectivity index (χ1v) is 9.35. The molecule has 0 spiro atoms. The van der Waals surface area contributed by atoms with Crippen LogP contribution in [0.2, 0.25) is 0 Å². The van der Waals surface area contributed by atoms with Gasteiger partial charge in [-0.3, -0.25) is 10.1 Å². The Labute approximate surface area is 157 Å². The zero-order valence-corrected chi connectivity index (χ0v) is 15.4. The van der Waals surface area contributed by atoms with Gasteiger partial charge in [0.1, 0.15) is 19.5 Å². The number of hydrogen-bond donors (Lipinski definition) is 1. The van der Waals surface area contributed by atoms with Crippen LogP contribution >= 0.6 is 23.1 Å². The number of carbonyl (C=O) groups is 2. The van der Waals surface area contributed by atoms with Crippen LogP contribution in [0.4, 0.5) is 5.13 Å². The maximum Gasteiger partial charge on any atom is 0.337 e. The van der Waals surface area contributed by atoms with E-state index >= 15 is 0 Å². The van der Waals surface area contributed by atoms with Gasteiger partial charge in [-0.05, 0) is 17.7 Å². The highest BCUT2D eigenvalue weighted by molar-refractivity contribution is 8.00. The third kappa shape index (κ3) is 4.73. The van der Waals surface area contributed by atoms with Crippen LogP contribution in [0.1, 0.15) is 15.9 Å². The summed E-state index contributed by atoms with van der Waals surface area (Å²) in [5, 5.41) is 11.0. The Balaban J connectivity index is 1.52. The lowest BCUT2D eigenvalue weighted by atomic mass is 10.1. The van der Waals surface area contributed by atoms with Crippen LogP contribution in [0.3, 0.4) is 0 Å². The standard InChI is InChI=1S/C16H15N3O5S2/c1-22-14(21)11-4-2-10(3-5-11)9-25-16-19-18-15(26-16)17-13(20)12-8-23-6-7-24-12/h2-5,8H,6-7,9H2,1H3,(H,17,18,20). The summed E-state index contributed by atoms with van der Waals surface area (Å²) in [6.07, 6.45) is 1.29. The highest BCUT2D eigenvalue weighted by Crippen LogP contribution is 2.28. The van der Waals surface area contributed by atoms with Crippen molar-refractivity contribution in [3.63, 3.8) is 0 Å². The van der Waals surface area contributed by atoms with Gasteiger partial charge in [0.15, 0.2) is 4.34 Å². The number of hydrogen-bond acceptors (Lipinski definition) is 9. The van der Waals surface area contributed by atoms with Crippen molar-refractivity contribution in [2.75, 3.05) is 25.6 Å². The van der Waals surface area contributed by atoms with Gasteiger partial charge in [0.05, 0.1) is 12.7 Å². The molecule has 1 aliphatic rings. The maximum absolute atomic E-state index is 12.0. The molecule has 0 bridgehead atoms. The average molecular weight is 393 g/mol. The molecule has 136 valence electrons. The molecule has 0 aliphatic carbocycles. The number of anilines is 1. The zero-order valence-electron chi connectivity index (χ0n) is 13.8. The van der Waals surface area contributed by atoms with E-state index < -0.39 is 5.91 Å². The van der Waals surface area contributed by atoms with Gasteiger partial charge in [0.25, 0.3) is 5.91 Å². The smallest absolute Gasteiger partial charge is 0.337 e. The number of nitrogens with zero attached hydrogens (tertiary/aromatic N) is 2. The minimum absolute atomic E-state index is 0.117. The topological polar surface area (TPSA) is 99.6 Å². The van der Waals surface area contributed by atoms with Crippen molar-refractivity contribution in [3.05, 3.63) is 47.4 Å². The Morgan fingerprint density at radius 1 is 1.27 bits per heavy atom. The monoisotopic (exact) mass is 393 g/mol. The Kier molecular flexibility index (Phi) is 6.08. The van der Waals surface area contributed by atoms with E-state index in [0.717, 1.165) is 5.56 Å². The van der Waals surface area contributed by atoms with E-state index in [4.69, 9.17) is 9.47 Å². The van der Waals surface area contributed by atoms with E-state index in [1.54, 1.807) is 12.1 Å². The Hall–Kier alpha value is -2.59. The van der Waals surface area contributed by atoms with Crippen molar-refractivity contribution < 1.29 is 23.8 Å². The lowest BCUT2D eigenvalue weighted by Gasteiger charge is -2.13. The van der Waals surface area contributed by atoms with Crippen molar-refractivity contribution in [1.82, 2.24) is 10.2 Å². The number of rotatable bonds is 6. The molecule has 0 radical (unpaired) electrons. The van der Waals surface area contributed by atoms with E-state index in [1.807, 2.05) is 12.1 Å². The van der Waals surface area contributed by atoms with Gasteiger partial charge in [-0.25, -0.2) is 4.79 Å². The molecule has 2 aromatic rings. The Morgan fingerprint density at radius 3 is 2.77 bits per heavy atom. The summed E-state index contributed by atoms with van der Waals surface area (Å²) in [6, 6.07) is 7.15. The van der Waals surface area contributed by atoms with Crippen LogP contribution in [-0.4, -0.2) is 42.4 Å². The minimum Gasteiger partial charge on any atom is -0.494 e. The van der Waals surface area contributed by atoms with Crippen molar-refractivity contribution >= 4 is 40.1 Å². The molecule has 0 saturated carbocycles. The first kappa shape index (κ1) is 18.2. The molecule has 1 aromatic heterocycles. The zero-order chi connectivity index (χ0) is 18.4. The fraction of sp³-hybridized carbons (Fsp3) is 0.250. The molecule has 0 fully saturated rings. The first-order chi connectivity index (χ1) is 12.7. The summed E-state index contributed by atoms with van der Waals surface area (Å²) >= 11 is 2.75. The number of nitrogens with one attached hydrogen (secondary N) is 1. The third-order valence-electron chi connectivity index (χ3n) is 3.24. The maximum atomic E-state index is 12.0. The summed E-state index contributed by atoms with van der Waals surface area (Å²) in [6.45, 7) is 0.766. The average Bonchev–Trinajstić information content (AvgIpc) is 3.14. The van der Waals surface area contributed by atoms with Crippen LogP contribution in [0, 0.1) is 0 Å². The minimum atomic E-state index is -0.421. The summed E-state index contributed by atoms with van der Waals surface area (Å²) in [7, 11) is 1.35. The van der Waals surface area contributed by atoms with E-state index in [0.29, 0.717) is 34.0 Å². The van der Waals surface area contributed by atoms with Gasteiger partial charge in [0.2, 0.25) is 10.9 Å². The molecule has 8 nitrogen and oxygen atoms in total. The quantitative estimate of drug-likeness (QED) is 0.454. The third-order valence-corrected chi connectivity index (χ3v) is 5.28. The van der Waals surface area contributed by atoms with Gasteiger partial charge in [-0.2, -0.15) is 0 Å². The van der Waals surface area contributed by atoms with E-state index in [2.05, 4.69) is 20.3 Å². The number of methoxy groups -OCH3 is 1. The van der Waals surface area contributed by atoms with Gasteiger partial charge in [0, 0.05) is 5.75 Å². The van der Waals surface area contributed by atoms with Gasteiger partial charge >= 0.3 is 5.97 Å². The summed E-state index contributed by atoms with van der Waals surface area (Å²) in [5.74, 6) is -0.00936. The fourth-order valence-corrected chi connectivity index (χ4v) is 3.67. The van der Waals surface area contributed by atoms with Crippen molar-refractivity contribution in [3.8, 4) is 0 Å². The number of aromatic nitrogens is 2. The number of ether oxygens (including phenoxy) is 3. The summed E-state index contributed by atoms with van der Waals surface area (Å²) < 4.78 is 15.6. The van der Waals surface area contributed by atoms with Crippen molar-refractivity contribution in [2.45, 2.75) is 10.1 Å². The molecule has 1 aliphatic heterocycles. The Morgan fingerprint density at radius 2 is 2.08 bits per heavy atom. The number of amides is 1. The van der Waals surface area contributed by atoms with Gasteiger partial charge in [-0.15, -0.1) is 10.2 Å². The number of esters is 1. The first-order valence-electron chi connectivity index (χ1n) is 7.55. The van der Waals surface area contributed by atoms with Crippen LogP contribution < -0.4 is 5.32 Å². The summed E-state index contributed by atoms with van der Waals surface area (Å²) in [5.41, 5.74) is 1.53. The molecule has 10 heteroatoms. The lowest BCUT2D eigenvalue weighted by Crippen LogP contribution is -2.21. The number of carbonyl (C=O) groups excluding carboxylic acids is 2. The molecule has 2 heterocycles. The van der Waals surface area contributed by atoms with Crippen LogP contribution in [0.25, 0.3) is 0 Å². The highest BCUT2D eigenvalue weighted by Gasteiger charge is 2.17. The lowest BCUT2D eigenvalue weighted by molar-refractivity contribution is -0.117. The molecule has 26 heavy (non-hydrogen) atoms. The van der Waals surface area contributed by atoms with Crippen molar-refractivity contribution in [2.24, 2.45) is 0 Å². The predicted molar refractivity (Wildman–Crippen MR) is 95.9 cm³/mol. The van der Waals surface area contributed by atoms with Gasteiger partial charge in [-0.1, -0.05) is 35.2 Å². The van der Waals surface area contributed by atoms with E-state index in [9.17, 15) is 9.59 Å². The van der Waals surface area contributed by atoms with Crippen LogP contribution in [-0.2, 0) is 24.8 Å². The molecule has 0 unspecified atom stereocenters. The number of benzene rings is 1. The molecule has 0 atom stereocenters. The van der Waals surface area contributed by atoms with Crippen LogP contribution in [0.15, 0.2) is 40.6 Å². The fourth-order valence-electron chi connectivity index (χ4n) is 1.96. The largest absolute Gasteiger partial charge is 0.494 e.